The molecule has 0 aliphatic carbocycles. The molecule has 29 heavy (non-hydrogen) atoms. The van der Waals surface area contributed by atoms with Crippen LogP contribution < -0.4 is 9.80 Å². The molecule has 1 aromatic carbocycles. The molecular weight excluding hydrogens is 364 g/mol. The molecule has 3 heterocycles. The average Bonchev–Trinajstić information content (AvgIpc) is 2.79. The third-order valence-corrected chi connectivity index (χ3v) is 5.93. The number of rotatable bonds is 4. The Morgan fingerprint density at radius 1 is 0.931 bits per heavy atom. The highest BCUT2D eigenvalue weighted by molar-refractivity contribution is 5.92. The molecule has 2 aliphatic rings. The van der Waals surface area contributed by atoms with Gasteiger partial charge in [-0.15, -0.1) is 0 Å². The summed E-state index contributed by atoms with van der Waals surface area (Å²) in [6, 6.07) is 8.64. The van der Waals surface area contributed by atoms with Crippen molar-refractivity contribution < 1.29 is 4.79 Å². The van der Waals surface area contributed by atoms with Gasteiger partial charge in [-0.2, -0.15) is 0 Å². The van der Waals surface area contributed by atoms with Crippen LogP contribution in [0.25, 0.3) is 0 Å². The molecule has 0 radical (unpaired) electrons. The Balaban J connectivity index is 1.33. The Labute approximate surface area is 172 Å². The fourth-order valence-electron chi connectivity index (χ4n) is 4.04. The summed E-state index contributed by atoms with van der Waals surface area (Å²) in [4.78, 5) is 30.6. The van der Waals surface area contributed by atoms with Crippen LogP contribution in [0.15, 0.2) is 36.7 Å². The molecule has 0 unspecified atom stereocenters. The number of aryl methyl sites for hydroxylation is 1. The standard InChI is InChI=1S/C22H30N6O/c1-3-25-7-9-28(10-8-25)22(29)20-16-24-21(17-23-20)27-13-11-26(12-14-27)19-6-4-5-18(2)15-19/h4-6,15-17H,3,7-14H2,1-2H3. The van der Waals surface area contributed by atoms with E-state index < -0.39 is 0 Å². The second-order valence-electron chi connectivity index (χ2n) is 7.80. The van der Waals surface area contributed by atoms with E-state index in [-0.39, 0.29) is 5.91 Å². The molecular formula is C22H30N6O. The number of amides is 1. The smallest absolute Gasteiger partial charge is 0.274 e. The van der Waals surface area contributed by atoms with Gasteiger partial charge >= 0.3 is 0 Å². The molecule has 2 saturated heterocycles. The Bertz CT molecular complexity index is 823. The van der Waals surface area contributed by atoms with Crippen LogP contribution in [0.4, 0.5) is 11.5 Å². The van der Waals surface area contributed by atoms with Crippen LogP contribution in [0.3, 0.4) is 0 Å². The quantitative estimate of drug-likeness (QED) is 0.789. The largest absolute Gasteiger partial charge is 0.368 e. The molecule has 2 aromatic rings. The molecule has 0 N–H and O–H groups in total. The first-order valence-electron chi connectivity index (χ1n) is 10.5. The van der Waals surface area contributed by atoms with Crippen molar-refractivity contribution in [3.8, 4) is 0 Å². The molecule has 1 aromatic heterocycles. The van der Waals surface area contributed by atoms with E-state index in [1.54, 1.807) is 12.4 Å². The molecule has 0 atom stereocenters. The van der Waals surface area contributed by atoms with Crippen molar-refractivity contribution in [3.05, 3.63) is 47.9 Å². The summed E-state index contributed by atoms with van der Waals surface area (Å²) in [5, 5.41) is 0. The van der Waals surface area contributed by atoms with Gasteiger partial charge < -0.3 is 19.6 Å². The van der Waals surface area contributed by atoms with Crippen molar-refractivity contribution in [2.75, 3.05) is 68.7 Å². The lowest BCUT2D eigenvalue weighted by molar-refractivity contribution is 0.0637. The third-order valence-electron chi connectivity index (χ3n) is 5.93. The van der Waals surface area contributed by atoms with Gasteiger partial charge in [-0.05, 0) is 31.2 Å². The van der Waals surface area contributed by atoms with Crippen LogP contribution in [0.5, 0.6) is 0 Å². The first-order chi connectivity index (χ1) is 14.1. The molecule has 2 fully saturated rings. The maximum Gasteiger partial charge on any atom is 0.274 e. The number of hydrogen-bond donors (Lipinski definition) is 0. The predicted octanol–water partition coefficient (Wildman–Crippen LogP) is 1.89. The molecule has 7 heteroatoms. The zero-order valence-electron chi connectivity index (χ0n) is 17.4. The number of hydrogen-bond acceptors (Lipinski definition) is 6. The maximum atomic E-state index is 12.7. The second-order valence-corrected chi connectivity index (χ2v) is 7.80. The van der Waals surface area contributed by atoms with Crippen molar-refractivity contribution >= 4 is 17.4 Å². The highest BCUT2D eigenvalue weighted by Gasteiger charge is 2.23. The highest BCUT2D eigenvalue weighted by atomic mass is 16.2. The van der Waals surface area contributed by atoms with Gasteiger partial charge in [-0.3, -0.25) is 4.79 Å². The molecule has 2 aliphatic heterocycles. The number of anilines is 2. The monoisotopic (exact) mass is 394 g/mol. The van der Waals surface area contributed by atoms with Gasteiger partial charge in [0.1, 0.15) is 11.5 Å². The van der Waals surface area contributed by atoms with Gasteiger partial charge in [0.25, 0.3) is 5.91 Å². The Morgan fingerprint density at radius 2 is 1.66 bits per heavy atom. The fourth-order valence-corrected chi connectivity index (χ4v) is 4.04. The van der Waals surface area contributed by atoms with Crippen molar-refractivity contribution in [2.45, 2.75) is 13.8 Å². The van der Waals surface area contributed by atoms with E-state index in [4.69, 9.17) is 0 Å². The van der Waals surface area contributed by atoms with Crippen LogP contribution >= 0.6 is 0 Å². The number of piperazine rings is 2. The molecule has 1 amide bonds. The molecule has 4 rings (SSSR count). The van der Waals surface area contributed by atoms with E-state index in [1.165, 1.54) is 11.3 Å². The Hall–Kier alpha value is -2.67. The summed E-state index contributed by atoms with van der Waals surface area (Å²) < 4.78 is 0. The lowest BCUT2D eigenvalue weighted by Crippen LogP contribution is -2.48. The first-order valence-corrected chi connectivity index (χ1v) is 10.5. The van der Waals surface area contributed by atoms with Gasteiger partial charge in [0.2, 0.25) is 0 Å². The van der Waals surface area contributed by atoms with Crippen LogP contribution in [0, 0.1) is 6.92 Å². The van der Waals surface area contributed by atoms with E-state index in [0.29, 0.717) is 5.69 Å². The lowest BCUT2D eigenvalue weighted by atomic mass is 10.2. The molecule has 7 nitrogen and oxygen atoms in total. The zero-order chi connectivity index (χ0) is 20.2. The van der Waals surface area contributed by atoms with Gasteiger partial charge in [0.05, 0.1) is 12.4 Å². The van der Waals surface area contributed by atoms with E-state index in [1.807, 2.05) is 4.90 Å². The third kappa shape index (κ3) is 4.50. The fraction of sp³-hybridized carbons (Fsp3) is 0.500. The predicted molar refractivity (Wildman–Crippen MR) is 116 cm³/mol. The number of aromatic nitrogens is 2. The van der Waals surface area contributed by atoms with Crippen LogP contribution in [-0.4, -0.2) is 84.6 Å². The molecule has 0 spiro atoms. The summed E-state index contributed by atoms with van der Waals surface area (Å²) in [5.74, 6) is 0.838. The van der Waals surface area contributed by atoms with Crippen molar-refractivity contribution in [2.24, 2.45) is 0 Å². The van der Waals surface area contributed by atoms with E-state index in [2.05, 4.69) is 62.8 Å². The van der Waals surface area contributed by atoms with Gasteiger partial charge in [0, 0.05) is 58.0 Å². The topological polar surface area (TPSA) is 55.8 Å². The van der Waals surface area contributed by atoms with E-state index >= 15 is 0 Å². The number of carbonyl (C=O) groups is 1. The summed E-state index contributed by atoms with van der Waals surface area (Å²) in [6.07, 6.45) is 3.38. The number of likely N-dealkylation sites (N-methyl/N-ethyl adjacent to an activating group) is 1. The number of benzene rings is 1. The summed E-state index contributed by atoms with van der Waals surface area (Å²) >= 11 is 0. The van der Waals surface area contributed by atoms with Crippen LogP contribution in [0.2, 0.25) is 0 Å². The van der Waals surface area contributed by atoms with Gasteiger partial charge in [-0.25, -0.2) is 9.97 Å². The van der Waals surface area contributed by atoms with Crippen molar-refractivity contribution in [3.63, 3.8) is 0 Å². The molecule has 154 valence electrons. The molecule has 0 saturated carbocycles. The summed E-state index contributed by atoms with van der Waals surface area (Å²) in [6.45, 7) is 12.4. The van der Waals surface area contributed by atoms with Crippen molar-refractivity contribution in [1.82, 2.24) is 19.8 Å². The Kier molecular flexibility index (Phi) is 5.94. The molecule has 0 bridgehead atoms. The highest BCUT2D eigenvalue weighted by Crippen LogP contribution is 2.20. The van der Waals surface area contributed by atoms with Crippen LogP contribution in [-0.2, 0) is 0 Å². The second kappa shape index (κ2) is 8.78. The minimum Gasteiger partial charge on any atom is -0.368 e. The minimum absolute atomic E-state index is 0.0101. The van der Waals surface area contributed by atoms with Crippen LogP contribution in [0.1, 0.15) is 23.0 Å². The summed E-state index contributed by atoms with van der Waals surface area (Å²) in [7, 11) is 0. The van der Waals surface area contributed by atoms with E-state index in [9.17, 15) is 4.79 Å². The Morgan fingerprint density at radius 3 is 2.28 bits per heavy atom. The first kappa shape index (κ1) is 19.6. The summed E-state index contributed by atoms with van der Waals surface area (Å²) in [5.41, 5.74) is 3.00. The van der Waals surface area contributed by atoms with Gasteiger partial charge in [0.15, 0.2) is 0 Å². The SMILES string of the molecule is CCN1CCN(C(=O)c2cnc(N3CCN(c4cccc(C)c4)CC3)cn2)CC1. The van der Waals surface area contributed by atoms with Crippen molar-refractivity contribution in [1.29, 1.82) is 0 Å². The van der Waals surface area contributed by atoms with E-state index in [0.717, 1.165) is 64.7 Å². The normalized spacial score (nSPS) is 18.2. The van der Waals surface area contributed by atoms with Gasteiger partial charge in [-0.1, -0.05) is 19.1 Å². The number of nitrogens with zero attached hydrogens (tertiary/aromatic N) is 6. The minimum atomic E-state index is -0.0101. The number of carbonyl (C=O) groups excluding carboxylic acids is 1. The maximum absolute atomic E-state index is 12.7. The zero-order valence-corrected chi connectivity index (χ0v) is 17.4. The average molecular weight is 395 g/mol. The lowest BCUT2D eigenvalue weighted by Gasteiger charge is -2.36.